The molecule has 2 rings (SSSR count). The number of nitrogens with one attached hydrogen (secondary N) is 1. The highest BCUT2D eigenvalue weighted by atomic mass is 19.1. The van der Waals surface area contributed by atoms with Gasteiger partial charge in [-0.1, -0.05) is 0 Å². The van der Waals surface area contributed by atoms with Crippen molar-refractivity contribution in [2.24, 2.45) is 0 Å². The Kier molecular flexibility index (Phi) is 3.37. The van der Waals surface area contributed by atoms with Crippen LogP contribution in [0, 0.1) is 5.82 Å². The number of halogens is 1. The molecule has 1 aromatic carbocycles. The number of rotatable bonds is 4. The Labute approximate surface area is 107 Å². The molecule has 0 saturated carbocycles. The summed E-state index contributed by atoms with van der Waals surface area (Å²) in [6, 6.07) is 4.02. The summed E-state index contributed by atoms with van der Waals surface area (Å²) in [6.45, 7) is 0. The number of aromatic nitrogens is 2. The maximum Gasteiger partial charge on any atom is 0.353 e. The van der Waals surface area contributed by atoms with Gasteiger partial charge in [0.25, 0.3) is 0 Å². The average Bonchev–Trinajstić information content (AvgIpc) is 2.87. The number of hydrogen-bond donors (Lipinski definition) is 2. The maximum absolute atomic E-state index is 13.8. The first-order valence-electron chi connectivity index (χ1n) is 5.27. The summed E-state index contributed by atoms with van der Waals surface area (Å²) in [5.41, 5.74) is 0.612. The number of carboxylic acids is 1. The summed E-state index contributed by atoms with van der Waals surface area (Å²) in [5.74, 6) is -1.56. The lowest BCUT2D eigenvalue weighted by Gasteiger charge is -2.09. The van der Waals surface area contributed by atoms with Crippen LogP contribution in [0.3, 0.4) is 0 Å². The summed E-state index contributed by atoms with van der Waals surface area (Å²) in [7, 11) is 2.71. The number of methoxy groups -OCH3 is 2. The van der Waals surface area contributed by atoms with Gasteiger partial charge in [0.15, 0.2) is 17.3 Å². The third-order valence-corrected chi connectivity index (χ3v) is 2.54. The summed E-state index contributed by atoms with van der Waals surface area (Å²) in [5, 5.41) is 14.9. The van der Waals surface area contributed by atoms with Crippen LogP contribution in [0.4, 0.5) is 4.39 Å². The Morgan fingerprint density at radius 2 is 2.05 bits per heavy atom. The Bertz CT molecular complexity index is 624. The van der Waals surface area contributed by atoms with Gasteiger partial charge in [-0.05, 0) is 18.2 Å². The second kappa shape index (κ2) is 4.97. The van der Waals surface area contributed by atoms with Crippen LogP contribution in [0.5, 0.6) is 11.5 Å². The van der Waals surface area contributed by atoms with Crippen molar-refractivity contribution in [3.8, 4) is 22.8 Å². The van der Waals surface area contributed by atoms with Crippen LogP contribution in [0.25, 0.3) is 11.3 Å². The quantitative estimate of drug-likeness (QED) is 0.883. The fourth-order valence-corrected chi connectivity index (χ4v) is 1.64. The number of aromatic amines is 1. The SMILES string of the molecule is COc1cc(-c2cc(C(=O)O)[nH]n2)cc(F)c1OC. The normalized spacial score (nSPS) is 10.3. The van der Waals surface area contributed by atoms with E-state index in [9.17, 15) is 9.18 Å². The van der Waals surface area contributed by atoms with E-state index in [0.717, 1.165) is 0 Å². The van der Waals surface area contributed by atoms with Crippen molar-refractivity contribution >= 4 is 5.97 Å². The van der Waals surface area contributed by atoms with E-state index >= 15 is 0 Å². The fraction of sp³-hybridized carbons (Fsp3) is 0.167. The van der Waals surface area contributed by atoms with Gasteiger partial charge in [0.1, 0.15) is 5.69 Å². The molecule has 0 spiro atoms. The third kappa shape index (κ3) is 2.35. The zero-order chi connectivity index (χ0) is 14.0. The van der Waals surface area contributed by atoms with E-state index in [1.165, 1.54) is 32.4 Å². The van der Waals surface area contributed by atoms with Crippen molar-refractivity contribution < 1.29 is 23.8 Å². The van der Waals surface area contributed by atoms with E-state index in [2.05, 4.69) is 10.2 Å². The molecule has 2 aromatic rings. The van der Waals surface area contributed by atoms with Crippen molar-refractivity contribution in [1.82, 2.24) is 10.2 Å². The molecule has 0 aliphatic carbocycles. The molecule has 1 aromatic heterocycles. The van der Waals surface area contributed by atoms with Crippen LogP contribution in [-0.4, -0.2) is 35.5 Å². The van der Waals surface area contributed by atoms with Crippen LogP contribution in [-0.2, 0) is 0 Å². The van der Waals surface area contributed by atoms with Gasteiger partial charge in [0, 0.05) is 5.56 Å². The molecule has 0 bridgehead atoms. The highest BCUT2D eigenvalue weighted by Crippen LogP contribution is 2.34. The molecular formula is C12H11FN2O4. The number of carboxylic acid groups (broad SMARTS) is 1. The summed E-state index contributed by atoms with van der Waals surface area (Å²) >= 11 is 0. The van der Waals surface area contributed by atoms with Crippen molar-refractivity contribution in [2.45, 2.75) is 0 Å². The molecule has 0 fully saturated rings. The van der Waals surface area contributed by atoms with E-state index in [-0.39, 0.29) is 17.2 Å². The third-order valence-electron chi connectivity index (χ3n) is 2.54. The number of carbonyl (C=O) groups is 1. The second-order valence-electron chi connectivity index (χ2n) is 3.67. The van der Waals surface area contributed by atoms with Crippen molar-refractivity contribution in [1.29, 1.82) is 0 Å². The molecule has 100 valence electrons. The van der Waals surface area contributed by atoms with Gasteiger partial charge in [-0.25, -0.2) is 9.18 Å². The molecule has 6 nitrogen and oxygen atoms in total. The van der Waals surface area contributed by atoms with Crippen LogP contribution < -0.4 is 9.47 Å². The molecule has 0 aliphatic heterocycles. The first kappa shape index (κ1) is 12.9. The first-order valence-corrected chi connectivity index (χ1v) is 5.27. The largest absolute Gasteiger partial charge is 0.493 e. The Morgan fingerprint density at radius 1 is 1.32 bits per heavy atom. The molecule has 0 aliphatic rings. The monoisotopic (exact) mass is 266 g/mol. The van der Waals surface area contributed by atoms with E-state index in [4.69, 9.17) is 14.6 Å². The highest BCUT2D eigenvalue weighted by Gasteiger charge is 2.16. The van der Waals surface area contributed by atoms with E-state index in [0.29, 0.717) is 11.3 Å². The van der Waals surface area contributed by atoms with Gasteiger partial charge >= 0.3 is 5.97 Å². The van der Waals surface area contributed by atoms with Crippen molar-refractivity contribution in [2.75, 3.05) is 14.2 Å². The minimum absolute atomic E-state index is 0.0137. The summed E-state index contributed by atoms with van der Waals surface area (Å²) < 4.78 is 23.7. The molecular weight excluding hydrogens is 255 g/mol. The molecule has 0 amide bonds. The van der Waals surface area contributed by atoms with Crippen LogP contribution in [0.2, 0.25) is 0 Å². The molecule has 2 N–H and O–H groups in total. The highest BCUT2D eigenvalue weighted by molar-refractivity contribution is 5.86. The molecule has 0 unspecified atom stereocenters. The van der Waals surface area contributed by atoms with Gasteiger partial charge < -0.3 is 14.6 Å². The van der Waals surface area contributed by atoms with Gasteiger partial charge in [-0.2, -0.15) is 5.10 Å². The number of ether oxygens (including phenoxy) is 2. The molecule has 0 radical (unpaired) electrons. The van der Waals surface area contributed by atoms with Gasteiger partial charge in [-0.15, -0.1) is 0 Å². The van der Waals surface area contributed by atoms with Gasteiger partial charge in [-0.3, -0.25) is 5.10 Å². The predicted octanol–water partition coefficient (Wildman–Crippen LogP) is 1.93. The number of benzene rings is 1. The Hall–Kier alpha value is -2.57. The fourth-order valence-electron chi connectivity index (χ4n) is 1.64. The van der Waals surface area contributed by atoms with E-state index in [1.54, 1.807) is 0 Å². The van der Waals surface area contributed by atoms with Crippen LogP contribution in [0.15, 0.2) is 18.2 Å². The lowest BCUT2D eigenvalue weighted by atomic mass is 10.1. The molecule has 7 heteroatoms. The van der Waals surface area contributed by atoms with E-state index in [1.807, 2.05) is 0 Å². The first-order chi connectivity index (χ1) is 9.06. The number of nitrogens with zero attached hydrogens (tertiary/aromatic N) is 1. The molecule has 19 heavy (non-hydrogen) atoms. The number of hydrogen-bond acceptors (Lipinski definition) is 4. The smallest absolute Gasteiger partial charge is 0.353 e. The maximum atomic E-state index is 13.8. The minimum Gasteiger partial charge on any atom is -0.493 e. The lowest BCUT2D eigenvalue weighted by Crippen LogP contribution is -1.95. The molecule has 1 heterocycles. The summed E-state index contributed by atoms with van der Waals surface area (Å²) in [4.78, 5) is 10.7. The topological polar surface area (TPSA) is 84.4 Å². The Balaban J connectivity index is 2.50. The van der Waals surface area contributed by atoms with Crippen molar-refractivity contribution in [3.05, 3.63) is 29.7 Å². The van der Waals surface area contributed by atoms with Gasteiger partial charge in [0.05, 0.1) is 19.9 Å². The Morgan fingerprint density at radius 3 is 2.58 bits per heavy atom. The zero-order valence-electron chi connectivity index (χ0n) is 10.2. The van der Waals surface area contributed by atoms with Gasteiger partial charge in [0.2, 0.25) is 0 Å². The average molecular weight is 266 g/mol. The lowest BCUT2D eigenvalue weighted by molar-refractivity contribution is 0.0690. The molecule has 0 saturated heterocycles. The van der Waals surface area contributed by atoms with Crippen LogP contribution >= 0.6 is 0 Å². The second-order valence-corrected chi connectivity index (χ2v) is 3.67. The standard InChI is InChI=1S/C12H11FN2O4/c1-18-10-4-6(3-7(13)11(10)19-2)8-5-9(12(16)17)15-14-8/h3-5H,1-2H3,(H,14,15)(H,16,17). The summed E-state index contributed by atoms with van der Waals surface area (Å²) in [6.07, 6.45) is 0. The number of H-pyrrole nitrogens is 1. The molecule has 0 atom stereocenters. The minimum atomic E-state index is -1.14. The van der Waals surface area contributed by atoms with Crippen molar-refractivity contribution in [3.63, 3.8) is 0 Å². The van der Waals surface area contributed by atoms with E-state index < -0.39 is 11.8 Å². The number of aromatic carboxylic acids is 1. The van der Waals surface area contributed by atoms with Crippen LogP contribution in [0.1, 0.15) is 10.5 Å². The predicted molar refractivity (Wildman–Crippen MR) is 64.0 cm³/mol. The zero-order valence-corrected chi connectivity index (χ0v) is 10.2.